The van der Waals surface area contributed by atoms with Gasteiger partial charge >= 0.3 is 0 Å². The molecular weight excluding hydrogens is 402 g/mol. The van der Waals surface area contributed by atoms with Crippen LogP contribution in [0, 0.1) is 5.92 Å². The summed E-state index contributed by atoms with van der Waals surface area (Å²) in [5.41, 5.74) is 1.95. The van der Waals surface area contributed by atoms with Crippen molar-refractivity contribution in [2.75, 3.05) is 30.3 Å². The highest BCUT2D eigenvalue weighted by atomic mass is 32.2. The van der Waals surface area contributed by atoms with Crippen molar-refractivity contribution in [3.63, 3.8) is 0 Å². The van der Waals surface area contributed by atoms with Crippen LogP contribution in [0.15, 0.2) is 41.7 Å². The average Bonchev–Trinajstić information content (AvgIpc) is 3.18. The topological polar surface area (TPSA) is 71.0 Å². The van der Waals surface area contributed by atoms with E-state index in [-0.39, 0.29) is 5.91 Å². The van der Waals surface area contributed by atoms with E-state index in [0.29, 0.717) is 12.3 Å². The molecule has 152 valence electrons. The molecule has 1 fully saturated rings. The maximum atomic E-state index is 12.2. The Morgan fingerprint density at radius 2 is 2.03 bits per heavy atom. The second-order valence-electron chi connectivity index (χ2n) is 7.37. The van der Waals surface area contributed by atoms with Crippen LogP contribution in [-0.4, -0.2) is 46.2 Å². The van der Waals surface area contributed by atoms with E-state index in [1.54, 1.807) is 17.7 Å². The summed E-state index contributed by atoms with van der Waals surface area (Å²) in [7, 11) is 0. The van der Waals surface area contributed by atoms with Gasteiger partial charge in [-0.2, -0.15) is 4.98 Å². The van der Waals surface area contributed by atoms with Crippen molar-refractivity contribution in [3.8, 4) is 0 Å². The highest BCUT2D eigenvalue weighted by Crippen LogP contribution is 2.35. The van der Waals surface area contributed by atoms with Gasteiger partial charge in [0.2, 0.25) is 5.91 Å². The van der Waals surface area contributed by atoms with Crippen LogP contribution in [0.5, 0.6) is 0 Å². The van der Waals surface area contributed by atoms with E-state index in [1.165, 1.54) is 30.2 Å². The van der Waals surface area contributed by atoms with Crippen molar-refractivity contribution in [1.82, 2.24) is 20.3 Å². The quantitative estimate of drug-likeness (QED) is 0.457. The van der Waals surface area contributed by atoms with E-state index in [4.69, 9.17) is 4.98 Å². The summed E-state index contributed by atoms with van der Waals surface area (Å²) in [4.78, 5) is 28.0. The molecule has 1 N–H and O–H groups in total. The zero-order valence-electron chi connectivity index (χ0n) is 16.5. The Balaban J connectivity index is 1.33. The highest BCUT2D eigenvalue weighted by Gasteiger charge is 2.20. The number of hydrogen-bond donors (Lipinski definition) is 1. The standard InChI is InChI=1S/C21H25N5OS2/c1-15-8-11-26(12-9-15)21-25-19-18(29-21)20(24-14-23-19)28-13-17(27)22-10-7-16-5-3-2-4-6-16/h2-6,14-15H,7-13H2,1H3,(H,22,27). The van der Waals surface area contributed by atoms with Crippen LogP contribution in [-0.2, 0) is 11.2 Å². The fourth-order valence-corrected chi connectivity index (χ4v) is 5.31. The molecule has 8 heteroatoms. The lowest BCUT2D eigenvalue weighted by molar-refractivity contribution is -0.118. The molecule has 0 radical (unpaired) electrons. The Morgan fingerprint density at radius 3 is 2.83 bits per heavy atom. The highest BCUT2D eigenvalue weighted by molar-refractivity contribution is 8.00. The minimum Gasteiger partial charge on any atom is -0.355 e. The number of fused-ring (bicyclic) bond motifs is 1. The van der Waals surface area contributed by atoms with Gasteiger partial charge in [-0.1, -0.05) is 60.4 Å². The summed E-state index contributed by atoms with van der Waals surface area (Å²) in [6, 6.07) is 10.2. The third-order valence-corrected chi connectivity index (χ3v) is 7.35. The predicted octanol–water partition coefficient (Wildman–Crippen LogP) is 3.77. The first kappa shape index (κ1) is 20.1. The molecule has 0 aliphatic carbocycles. The third-order valence-electron chi connectivity index (χ3n) is 5.12. The molecule has 1 aliphatic heterocycles. The molecule has 3 heterocycles. The van der Waals surface area contributed by atoms with Gasteiger partial charge in [0.25, 0.3) is 0 Å². The molecule has 1 aliphatic rings. The second kappa shape index (κ2) is 9.54. The van der Waals surface area contributed by atoms with Gasteiger partial charge in [0.1, 0.15) is 16.1 Å². The van der Waals surface area contributed by atoms with E-state index >= 15 is 0 Å². The van der Waals surface area contributed by atoms with Crippen molar-refractivity contribution in [1.29, 1.82) is 0 Å². The number of aromatic nitrogens is 3. The van der Waals surface area contributed by atoms with Gasteiger partial charge in [-0.15, -0.1) is 0 Å². The molecule has 29 heavy (non-hydrogen) atoms. The Bertz CT molecular complexity index is 954. The lowest BCUT2D eigenvalue weighted by Gasteiger charge is -2.29. The third kappa shape index (κ3) is 5.25. The summed E-state index contributed by atoms with van der Waals surface area (Å²) in [5.74, 6) is 1.15. The number of thiazole rings is 1. The SMILES string of the molecule is CC1CCN(c2nc3ncnc(SCC(=O)NCCc4ccccc4)c3s2)CC1. The van der Waals surface area contributed by atoms with Gasteiger partial charge < -0.3 is 10.2 Å². The summed E-state index contributed by atoms with van der Waals surface area (Å²) < 4.78 is 0.975. The zero-order chi connectivity index (χ0) is 20.1. The minimum atomic E-state index is 0.0208. The Labute approximate surface area is 179 Å². The molecule has 1 aromatic carbocycles. The van der Waals surface area contributed by atoms with Crippen LogP contribution in [0.2, 0.25) is 0 Å². The second-order valence-corrected chi connectivity index (χ2v) is 9.31. The molecule has 3 aromatic rings. The number of amides is 1. The Hall–Kier alpha value is -2.19. The van der Waals surface area contributed by atoms with E-state index in [2.05, 4.69) is 39.2 Å². The number of nitrogens with one attached hydrogen (secondary N) is 1. The zero-order valence-corrected chi connectivity index (χ0v) is 18.1. The van der Waals surface area contributed by atoms with Gasteiger partial charge in [0.05, 0.1) is 5.75 Å². The van der Waals surface area contributed by atoms with Crippen molar-refractivity contribution >= 4 is 44.5 Å². The molecule has 6 nitrogen and oxygen atoms in total. The summed E-state index contributed by atoms with van der Waals surface area (Å²) in [6.45, 7) is 5.03. The van der Waals surface area contributed by atoms with Crippen LogP contribution < -0.4 is 10.2 Å². The molecule has 0 unspecified atom stereocenters. The van der Waals surface area contributed by atoms with E-state index in [9.17, 15) is 4.79 Å². The summed E-state index contributed by atoms with van der Waals surface area (Å²) in [5, 5.41) is 4.84. The van der Waals surface area contributed by atoms with Gasteiger partial charge in [0.15, 0.2) is 10.8 Å². The molecule has 0 bridgehead atoms. The first-order chi connectivity index (χ1) is 14.2. The van der Waals surface area contributed by atoms with Crippen LogP contribution >= 0.6 is 23.1 Å². The molecule has 0 spiro atoms. The van der Waals surface area contributed by atoms with E-state index in [1.807, 2.05) is 18.2 Å². The van der Waals surface area contributed by atoms with Crippen LogP contribution in [0.1, 0.15) is 25.3 Å². The van der Waals surface area contributed by atoms with E-state index in [0.717, 1.165) is 45.9 Å². The molecule has 0 saturated carbocycles. The number of nitrogens with zero attached hydrogens (tertiary/aromatic N) is 4. The summed E-state index contributed by atoms with van der Waals surface area (Å²) in [6.07, 6.45) is 4.78. The average molecular weight is 428 g/mol. The Kier molecular flexibility index (Phi) is 6.61. The molecule has 1 amide bonds. The van der Waals surface area contributed by atoms with Gasteiger partial charge in [0, 0.05) is 19.6 Å². The predicted molar refractivity (Wildman–Crippen MR) is 120 cm³/mol. The number of hydrogen-bond acceptors (Lipinski definition) is 7. The van der Waals surface area contributed by atoms with Crippen molar-refractivity contribution < 1.29 is 4.79 Å². The minimum absolute atomic E-state index is 0.0208. The van der Waals surface area contributed by atoms with Crippen molar-refractivity contribution in [2.24, 2.45) is 5.92 Å². The number of piperidine rings is 1. The van der Waals surface area contributed by atoms with Gasteiger partial charge in [-0.05, 0) is 30.7 Å². The van der Waals surface area contributed by atoms with Crippen LogP contribution in [0.4, 0.5) is 5.13 Å². The molecule has 0 atom stereocenters. The number of carbonyl (C=O) groups is 1. The number of anilines is 1. The van der Waals surface area contributed by atoms with Crippen LogP contribution in [0.25, 0.3) is 10.3 Å². The summed E-state index contributed by atoms with van der Waals surface area (Å²) >= 11 is 3.09. The first-order valence-corrected chi connectivity index (χ1v) is 11.8. The normalized spacial score (nSPS) is 15.0. The largest absolute Gasteiger partial charge is 0.355 e. The lowest BCUT2D eigenvalue weighted by atomic mass is 10.00. The van der Waals surface area contributed by atoms with Gasteiger partial charge in [-0.3, -0.25) is 4.79 Å². The monoisotopic (exact) mass is 427 g/mol. The molecular formula is C21H25N5OS2. The maximum Gasteiger partial charge on any atom is 0.230 e. The fraction of sp³-hybridized carbons (Fsp3) is 0.429. The molecule has 1 saturated heterocycles. The Morgan fingerprint density at radius 1 is 1.24 bits per heavy atom. The molecule has 4 rings (SSSR count). The van der Waals surface area contributed by atoms with Gasteiger partial charge in [-0.25, -0.2) is 9.97 Å². The van der Waals surface area contributed by atoms with Crippen molar-refractivity contribution in [3.05, 3.63) is 42.2 Å². The smallest absolute Gasteiger partial charge is 0.230 e. The maximum absolute atomic E-state index is 12.2. The molecule has 2 aromatic heterocycles. The number of rotatable bonds is 7. The first-order valence-electron chi connectivity index (χ1n) is 9.99. The number of carbonyl (C=O) groups excluding carboxylic acids is 1. The number of thioether (sulfide) groups is 1. The fourth-order valence-electron chi connectivity index (χ4n) is 3.34. The van der Waals surface area contributed by atoms with E-state index < -0.39 is 0 Å². The van der Waals surface area contributed by atoms with Crippen molar-refractivity contribution in [2.45, 2.75) is 31.2 Å². The lowest BCUT2D eigenvalue weighted by Crippen LogP contribution is -2.32. The van der Waals surface area contributed by atoms with Crippen LogP contribution in [0.3, 0.4) is 0 Å². The number of benzene rings is 1.